The molecular formula is C23H47FO8. The van der Waals surface area contributed by atoms with Crippen LogP contribution in [0.1, 0.15) is 39.0 Å². The van der Waals surface area contributed by atoms with Gasteiger partial charge in [-0.05, 0) is 6.42 Å². The van der Waals surface area contributed by atoms with E-state index in [-0.39, 0.29) is 6.61 Å². The number of hydrogen-bond donors (Lipinski definition) is 0. The molecule has 0 rings (SSSR count). The van der Waals surface area contributed by atoms with E-state index in [2.05, 4.69) is 6.92 Å². The van der Waals surface area contributed by atoms with Crippen LogP contribution in [0.25, 0.3) is 0 Å². The molecule has 0 radical (unpaired) electrons. The molecule has 0 saturated carbocycles. The molecule has 8 nitrogen and oxygen atoms in total. The van der Waals surface area contributed by atoms with Gasteiger partial charge in [0.05, 0.1) is 99.1 Å². The van der Waals surface area contributed by atoms with Gasteiger partial charge in [-0.25, -0.2) is 4.39 Å². The molecule has 0 aromatic rings. The highest BCUT2D eigenvalue weighted by Crippen LogP contribution is 2.02. The molecule has 0 atom stereocenters. The first-order valence-electron chi connectivity index (χ1n) is 12.1. The molecular weight excluding hydrogens is 423 g/mol. The largest absolute Gasteiger partial charge is 0.379 e. The Morgan fingerprint density at radius 1 is 0.344 bits per heavy atom. The lowest BCUT2D eigenvalue weighted by molar-refractivity contribution is -0.0233. The molecule has 0 spiro atoms. The molecule has 0 bridgehead atoms. The van der Waals surface area contributed by atoms with Crippen LogP contribution in [0, 0.1) is 0 Å². The van der Waals surface area contributed by atoms with Crippen LogP contribution in [0.3, 0.4) is 0 Å². The lowest BCUT2D eigenvalue weighted by Gasteiger charge is -2.08. The fourth-order valence-corrected chi connectivity index (χ4v) is 2.50. The number of ether oxygens (including phenoxy) is 8. The standard InChI is InChI=1S/C23H47FO8/c1-2-3-4-5-6-8-25-10-12-27-14-16-29-18-20-31-22-23-32-21-19-30-17-15-28-13-11-26-9-7-24/h2-23H2,1H3. The number of alkyl halides is 1. The van der Waals surface area contributed by atoms with E-state index in [1.807, 2.05) is 0 Å². The molecule has 9 heteroatoms. The number of unbranched alkanes of at least 4 members (excludes halogenated alkanes) is 4. The Hall–Kier alpha value is -0.390. The van der Waals surface area contributed by atoms with Gasteiger partial charge in [-0.2, -0.15) is 0 Å². The van der Waals surface area contributed by atoms with Crippen molar-refractivity contribution in [3.8, 4) is 0 Å². The predicted octanol–water partition coefficient (Wildman–Crippen LogP) is 3.06. The summed E-state index contributed by atoms with van der Waals surface area (Å²) < 4.78 is 54.6. The van der Waals surface area contributed by atoms with Crippen LogP contribution < -0.4 is 0 Å². The summed E-state index contributed by atoms with van der Waals surface area (Å²) in [4.78, 5) is 0. The van der Waals surface area contributed by atoms with E-state index in [4.69, 9.17) is 37.9 Å². The van der Waals surface area contributed by atoms with Crippen LogP contribution in [0.4, 0.5) is 4.39 Å². The average molecular weight is 471 g/mol. The van der Waals surface area contributed by atoms with Gasteiger partial charge in [-0.15, -0.1) is 0 Å². The van der Waals surface area contributed by atoms with E-state index in [0.717, 1.165) is 13.0 Å². The van der Waals surface area contributed by atoms with Crippen molar-refractivity contribution in [3.63, 3.8) is 0 Å². The summed E-state index contributed by atoms with van der Waals surface area (Å²) in [6.07, 6.45) is 6.29. The summed E-state index contributed by atoms with van der Waals surface area (Å²) in [5, 5.41) is 0. The van der Waals surface area contributed by atoms with Gasteiger partial charge in [0.1, 0.15) is 6.67 Å². The van der Waals surface area contributed by atoms with Gasteiger partial charge in [0.25, 0.3) is 0 Å². The summed E-state index contributed by atoms with van der Waals surface area (Å²) in [5.41, 5.74) is 0. The predicted molar refractivity (Wildman–Crippen MR) is 121 cm³/mol. The Kier molecular flexibility index (Phi) is 30.2. The van der Waals surface area contributed by atoms with E-state index < -0.39 is 6.67 Å². The van der Waals surface area contributed by atoms with Crippen LogP contribution in [0.2, 0.25) is 0 Å². The topological polar surface area (TPSA) is 73.8 Å². The third-order valence-corrected chi connectivity index (χ3v) is 4.22. The minimum Gasteiger partial charge on any atom is -0.379 e. The van der Waals surface area contributed by atoms with Crippen molar-refractivity contribution in [1.82, 2.24) is 0 Å². The first-order chi connectivity index (χ1) is 15.9. The van der Waals surface area contributed by atoms with Crippen molar-refractivity contribution < 1.29 is 42.3 Å². The monoisotopic (exact) mass is 470 g/mol. The molecule has 0 fully saturated rings. The third-order valence-electron chi connectivity index (χ3n) is 4.22. The molecule has 0 unspecified atom stereocenters. The van der Waals surface area contributed by atoms with Gasteiger partial charge in [0.2, 0.25) is 0 Å². The molecule has 32 heavy (non-hydrogen) atoms. The van der Waals surface area contributed by atoms with Gasteiger partial charge in [0.15, 0.2) is 0 Å². The zero-order valence-electron chi connectivity index (χ0n) is 20.2. The summed E-state index contributed by atoms with van der Waals surface area (Å²) in [6.45, 7) is 10.1. The Morgan fingerprint density at radius 3 is 0.938 bits per heavy atom. The average Bonchev–Trinajstić information content (AvgIpc) is 2.81. The summed E-state index contributed by atoms with van der Waals surface area (Å²) >= 11 is 0. The second kappa shape index (κ2) is 30.6. The van der Waals surface area contributed by atoms with E-state index >= 15 is 0 Å². The highest BCUT2D eigenvalue weighted by Gasteiger charge is 1.95. The molecule has 0 aromatic heterocycles. The SMILES string of the molecule is CCCCCCCOCCOCCOCCOCCOCCOCCOCCOCCF. The van der Waals surface area contributed by atoms with Gasteiger partial charge in [0, 0.05) is 6.61 Å². The Bertz CT molecular complexity index is 296. The Labute approximate surface area is 194 Å². The number of rotatable bonds is 29. The lowest BCUT2D eigenvalue weighted by Crippen LogP contribution is -2.15. The van der Waals surface area contributed by atoms with E-state index in [0.29, 0.717) is 92.5 Å². The molecule has 0 aliphatic carbocycles. The second-order valence-electron chi connectivity index (χ2n) is 7.00. The van der Waals surface area contributed by atoms with Crippen LogP contribution in [0.15, 0.2) is 0 Å². The number of halogens is 1. The smallest absolute Gasteiger partial charge is 0.113 e. The maximum absolute atomic E-state index is 11.8. The molecule has 0 amide bonds. The summed E-state index contributed by atoms with van der Waals surface area (Å²) in [6, 6.07) is 0. The lowest BCUT2D eigenvalue weighted by atomic mass is 10.2. The summed E-state index contributed by atoms with van der Waals surface area (Å²) in [5.74, 6) is 0. The fraction of sp³-hybridized carbons (Fsp3) is 1.00. The van der Waals surface area contributed by atoms with E-state index in [1.165, 1.54) is 25.7 Å². The van der Waals surface area contributed by atoms with Crippen LogP contribution in [0.5, 0.6) is 0 Å². The van der Waals surface area contributed by atoms with Crippen molar-refractivity contribution in [3.05, 3.63) is 0 Å². The zero-order chi connectivity index (χ0) is 23.2. The molecule has 0 aliphatic rings. The Balaban J connectivity index is 2.98. The molecule has 0 saturated heterocycles. The van der Waals surface area contributed by atoms with Crippen molar-refractivity contribution in [2.75, 3.05) is 112 Å². The molecule has 0 heterocycles. The van der Waals surface area contributed by atoms with Crippen LogP contribution in [-0.4, -0.2) is 112 Å². The second-order valence-corrected chi connectivity index (χ2v) is 7.00. The van der Waals surface area contributed by atoms with Crippen molar-refractivity contribution in [2.24, 2.45) is 0 Å². The first-order valence-corrected chi connectivity index (χ1v) is 12.1. The van der Waals surface area contributed by atoms with E-state index in [9.17, 15) is 4.39 Å². The molecule has 0 N–H and O–H groups in total. The van der Waals surface area contributed by atoms with Crippen LogP contribution in [-0.2, 0) is 37.9 Å². The van der Waals surface area contributed by atoms with Gasteiger partial charge in [-0.3, -0.25) is 0 Å². The third kappa shape index (κ3) is 29.6. The van der Waals surface area contributed by atoms with Crippen molar-refractivity contribution in [2.45, 2.75) is 39.0 Å². The van der Waals surface area contributed by atoms with E-state index in [1.54, 1.807) is 0 Å². The zero-order valence-corrected chi connectivity index (χ0v) is 20.2. The maximum Gasteiger partial charge on any atom is 0.113 e. The highest BCUT2D eigenvalue weighted by atomic mass is 19.1. The molecule has 0 aliphatic heterocycles. The fourth-order valence-electron chi connectivity index (χ4n) is 2.50. The number of hydrogen-bond acceptors (Lipinski definition) is 8. The Morgan fingerprint density at radius 2 is 0.625 bits per heavy atom. The maximum atomic E-state index is 11.8. The summed E-state index contributed by atoms with van der Waals surface area (Å²) in [7, 11) is 0. The van der Waals surface area contributed by atoms with Gasteiger partial charge in [-0.1, -0.05) is 32.6 Å². The van der Waals surface area contributed by atoms with Crippen molar-refractivity contribution >= 4 is 0 Å². The molecule has 0 aromatic carbocycles. The minimum atomic E-state index is -0.465. The van der Waals surface area contributed by atoms with Gasteiger partial charge >= 0.3 is 0 Å². The normalized spacial score (nSPS) is 11.4. The van der Waals surface area contributed by atoms with Crippen LogP contribution >= 0.6 is 0 Å². The minimum absolute atomic E-state index is 0.124. The van der Waals surface area contributed by atoms with Gasteiger partial charge < -0.3 is 37.9 Å². The highest BCUT2D eigenvalue weighted by molar-refractivity contribution is 4.42. The first kappa shape index (κ1) is 31.6. The van der Waals surface area contributed by atoms with Crippen molar-refractivity contribution in [1.29, 1.82) is 0 Å². The molecule has 194 valence electrons. The quantitative estimate of drug-likeness (QED) is 0.155.